The van der Waals surface area contributed by atoms with Gasteiger partial charge in [-0.1, -0.05) is 70.5 Å². The second-order valence-corrected chi connectivity index (χ2v) is 7.98. The van der Waals surface area contributed by atoms with Gasteiger partial charge in [-0.05, 0) is 41.0 Å². The summed E-state index contributed by atoms with van der Waals surface area (Å²) in [4.78, 5) is 2.53. The van der Waals surface area contributed by atoms with Crippen molar-refractivity contribution in [1.29, 1.82) is 0 Å². The van der Waals surface area contributed by atoms with Gasteiger partial charge in [-0.2, -0.15) is 5.10 Å². The molecule has 0 aliphatic carbocycles. The summed E-state index contributed by atoms with van der Waals surface area (Å²) < 4.78 is 1.09. The quantitative estimate of drug-likeness (QED) is 0.542. The molecule has 1 saturated heterocycles. The topological polar surface area (TPSA) is 18.8 Å². The first kappa shape index (κ1) is 18.2. The Labute approximate surface area is 169 Å². The van der Waals surface area contributed by atoms with Crippen LogP contribution in [0.3, 0.4) is 0 Å². The lowest BCUT2D eigenvalue weighted by Gasteiger charge is -2.33. The van der Waals surface area contributed by atoms with E-state index < -0.39 is 0 Å². The molecule has 0 aromatic heterocycles. The summed E-state index contributed by atoms with van der Waals surface area (Å²) in [5.41, 5.74) is 3.65. The van der Waals surface area contributed by atoms with Crippen LogP contribution in [-0.2, 0) is 6.54 Å². The van der Waals surface area contributed by atoms with Gasteiger partial charge in [0.1, 0.15) is 0 Å². The molecule has 138 valence electrons. The highest BCUT2D eigenvalue weighted by Crippen LogP contribution is 2.21. The van der Waals surface area contributed by atoms with Crippen LogP contribution in [0.5, 0.6) is 0 Å². The molecule has 0 unspecified atom stereocenters. The van der Waals surface area contributed by atoms with Gasteiger partial charge in [0, 0.05) is 37.2 Å². The molecule has 0 amide bonds. The van der Waals surface area contributed by atoms with E-state index in [1.807, 2.05) is 6.07 Å². The van der Waals surface area contributed by atoms with Gasteiger partial charge in [0.25, 0.3) is 0 Å². The van der Waals surface area contributed by atoms with Crippen molar-refractivity contribution in [2.24, 2.45) is 5.10 Å². The lowest BCUT2D eigenvalue weighted by atomic mass is 10.0. The van der Waals surface area contributed by atoms with Crippen molar-refractivity contribution in [3.63, 3.8) is 0 Å². The highest BCUT2D eigenvalue weighted by atomic mass is 79.9. The molecular weight excluding hydrogens is 398 g/mol. The summed E-state index contributed by atoms with van der Waals surface area (Å²) in [6.45, 7) is 7.11. The van der Waals surface area contributed by atoms with Gasteiger partial charge >= 0.3 is 0 Å². The summed E-state index contributed by atoms with van der Waals surface area (Å²) >= 11 is 3.54. The van der Waals surface area contributed by atoms with E-state index in [0.29, 0.717) is 0 Å². The molecule has 3 aromatic carbocycles. The summed E-state index contributed by atoms with van der Waals surface area (Å²) in [6.07, 6.45) is 0. The average Bonchev–Trinajstić information content (AvgIpc) is 2.70. The molecule has 0 saturated carbocycles. The zero-order valence-electron chi connectivity index (χ0n) is 15.6. The van der Waals surface area contributed by atoms with Crippen LogP contribution in [0.25, 0.3) is 10.8 Å². The molecule has 27 heavy (non-hydrogen) atoms. The molecule has 4 rings (SSSR count). The molecule has 0 N–H and O–H groups in total. The summed E-state index contributed by atoms with van der Waals surface area (Å²) in [5.74, 6) is 0. The van der Waals surface area contributed by atoms with Crippen molar-refractivity contribution < 1.29 is 0 Å². The summed E-state index contributed by atoms with van der Waals surface area (Å²) in [6, 6.07) is 23.6. The van der Waals surface area contributed by atoms with E-state index in [1.165, 1.54) is 21.9 Å². The van der Waals surface area contributed by atoms with E-state index in [9.17, 15) is 0 Å². The lowest BCUT2D eigenvalue weighted by molar-refractivity contribution is 0.131. The van der Waals surface area contributed by atoms with Gasteiger partial charge in [-0.25, -0.2) is 0 Å². The number of piperazine rings is 1. The van der Waals surface area contributed by atoms with Crippen LogP contribution in [0, 0.1) is 0 Å². The Kier molecular flexibility index (Phi) is 5.55. The fourth-order valence-electron chi connectivity index (χ4n) is 3.65. The standard InChI is InChI=1S/C23H24BrN3/c1-18(20-8-5-10-22(24)16-20)25-27-14-12-26(13-15-27)17-21-9-4-7-19-6-2-3-11-23(19)21/h2-11,16H,12-15,17H2,1H3/b25-18+. The Morgan fingerprint density at radius 2 is 1.67 bits per heavy atom. The second-order valence-electron chi connectivity index (χ2n) is 7.06. The van der Waals surface area contributed by atoms with Crippen LogP contribution in [0.1, 0.15) is 18.1 Å². The highest BCUT2D eigenvalue weighted by molar-refractivity contribution is 9.10. The van der Waals surface area contributed by atoms with Crippen LogP contribution in [0.4, 0.5) is 0 Å². The van der Waals surface area contributed by atoms with Crippen molar-refractivity contribution in [2.75, 3.05) is 26.2 Å². The Morgan fingerprint density at radius 1 is 0.926 bits per heavy atom. The fourth-order valence-corrected chi connectivity index (χ4v) is 4.05. The van der Waals surface area contributed by atoms with Crippen molar-refractivity contribution in [3.8, 4) is 0 Å². The number of rotatable bonds is 4. The third-order valence-corrected chi connectivity index (χ3v) is 5.65. The third-order valence-electron chi connectivity index (χ3n) is 5.16. The molecule has 1 aliphatic heterocycles. The van der Waals surface area contributed by atoms with Gasteiger partial charge in [0.2, 0.25) is 0 Å². The molecule has 1 heterocycles. The monoisotopic (exact) mass is 421 g/mol. The smallest absolute Gasteiger partial charge is 0.0647 e. The van der Waals surface area contributed by atoms with E-state index >= 15 is 0 Å². The maximum absolute atomic E-state index is 4.84. The minimum absolute atomic E-state index is 0.968. The summed E-state index contributed by atoms with van der Waals surface area (Å²) in [5, 5.41) is 9.73. The third kappa shape index (κ3) is 4.40. The van der Waals surface area contributed by atoms with E-state index in [1.54, 1.807) is 0 Å². The molecule has 0 radical (unpaired) electrons. The van der Waals surface area contributed by atoms with Crippen LogP contribution in [-0.4, -0.2) is 41.8 Å². The van der Waals surface area contributed by atoms with Crippen LogP contribution in [0.15, 0.2) is 76.3 Å². The van der Waals surface area contributed by atoms with Crippen molar-refractivity contribution in [1.82, 2.24) is 9.91 Å². The number of fused-ring (bicyclic) bond motifs is 1. The molecule has 1 aliphatic rings. The number of hydrogen-bond acceptors (Lipinski definition) is 3. The van der Waals surface area contributed by atoms with Crippen LogP contribution < -0.4 is 0 Å². The molecular formula is C23H24BrN3. The maximum atomic E-state index is 4.84. The predicted octanol–water partition coefficient (Wildman–Crippen LogP) is 5.14. The first-order chi connectivity index (χ1) is 13.2. The van der Waals surface area contributed by atoms with Gasteiger partial charge < -0.3 is 0 Å². The molecule has 4 heteroatoms. The molecule has 0 bridgehead atoms. The SMILES string of the molecule is C/C(=N\N1CCN(Cc2cccc3ccccc23)CC1)c1cccc(Br)c1. The van der Waals surface area contributed by atoms with Gasteiger partial charge in [0.05, 0.1) is 5.71 Å². The lowest BCUT2D eigenvalue weighted by Crippen LogP contribution is -2.43. The van der Waals surface area contributed by atoms with Gasteiger partial charge in [-0.3, -0.25) is 9.91 Å². The average molecular weight is 422 g/mol. The van der Waals surface area contributed by atoms with Crippen molar-refractivity contribution in [3.05, 3.63) is 82.3 Å². The Balaban J connectivity index is 1.39. The highest BCUT2D eigenvalue weighted by Gasteiger charge is 2.17. The molecule has 1 fully saturated rings. The number of benzene rings is 3. The number of hydrazone groups is 1. The van der Waals surface area contributed by atoms with E-state index in [-0.39, 0.29) is 0 Å². The Hall–Kier alpha value is -2.17. The minimum atomic E-state index is 0.968. The van der Waals surface area contributed by atoms with Gasteiger partial charge in [0.15, 0.2) is 0 Å². The zero-order valence-corrected chi connectivity index (χ0v) is 17.2. The first-order valence-corrected chi connectivity index (χ1v) is 10.2. The molecule has 3 nitrogen and oxygen atoms in total. The second kappa shape index (κ2) is 8.24. The van der Waals surface area contributed by atoms with Gasteiger partial charge in [-0.15, -0.1) is 0 Å². The Bertz CT molecular complexity index is 953. The minimum Gasteiger partial charge on any atom is -0.295 e. The molecule has 0 spiro atoms. The Morgan fingerprint density at radius 3 is 2.48 bits per heavy atom. The van der Waals surface area contributed by atoms with Crippen molar-refractivity contribution >= 4 is 32.4 Å². The van der Waals surface area contributed by atoms with E-state index in [0.717, 1.165) is 42.9 Å². The number of hydrogen-bond donors (Lipinski definition) is 0. The zero-order chi connectivity index (χ0) is 18.6. The van der Waals surface area contributed by atoms with Crippen molar-refractivity contribution in [2.45, 2.75) is 13.5 Å². The van der Waals surface area contributed by atoms with Crippen LogP contribution in [0.2, 0.25) is 0 Å². The van der Waals surface area contributed by atoms with E-state index in [4.69, 9.17) is 5.10 Å². The number of nitrogens with zero attached hydrogens (tertiary/aromatic N) is 3. The first-order valence-electron chi connectivity index (χ1n) is 9.44. The number of halogens is 1. The largest absolute Gasteiger partial charge is 0.295 e. The molecule has 0 atom stereocenters. The predicted molar refractivity (Wildman–Crippen MR) is 117 cm³/mol. The maximum Gasteiger partial charge on any atom is 0.0647 e. The van der Waals surface area contributed by atoms with E-state index in [2.05, 4.69) is 93.4 Å². The normalized spacial score (nSPS) is 16.1. The summed E-state index contributed by atoms with van der Waals surface area (Å²) in [7, 11) is 0. The fraction of sp³-hybridized carbons (Fsp3) is 0.261. The molecule has 3 aromatic rings. The van der Waals surface area contributed by atoms with Crippen LogP contribution >= 0.6 is 15.9 Å².